The minimum Gasteiger partial charge on any atom is -0.385 e. The molecule has 2 heterocycles. The lowest BCUT2D eigenvalue weighted by Gasteiger charge is -2.30. The molecule has 1 saturated heterocycles. The summed E-state index contributed by atoms with van der Waals surface area (Å²) in [7, 11) is 1.65. The van der Waals surface area contributed by atoms with E-state index < -0.39 is 0 Å². The van der Waals surface area contributed by atoms with E-state index in [1.807, 2.05) is 24.3 Å². The number of hydrogen-bond acceptors (Lipinski definition) is 6. The van der Waals surface area contributed by atoms with E-state index in [1.54, 1.807) is 19.4 Å². The first-order chi connectivity index (χ1) is 13.3. The van der Waals surface area contributed by atoms with Crippen LogP contribution in [0.4, 0.5) is 17.1 Å². The van der Waals surface area contributed by atoms with E-state index in [1.165, 1.54) is 0 Å². The van der Waals surface area contributed by atoms with Crippen molar-refractivity contribution in [3.63, 3.8) is 0 Å². The lowest BCUT2D eigenvalue weighted by Crippen LogP contribution is -2.36. The summed E-state index contributed by atoms with van der Waals surface area (Å²) < 4.78 is 10.4. The number of aromatic nitrogens is 1. The van der Waals surface area contributed by atoms with Gasteiger partial charge in [0.15, 0.2) is 0 Å². The van der Waals surface area contributed by atoms with Crippen LogP contribution < -0.4 is 15.5 Å². The van der Waals surface area contributed by atoms with Gasteiger partial charge < -0.3 is 25.0 Å². The summed E-state index contributed by atoms with van der Waals surface area (Å²) in [6, 6.07) is 11.8. The van der Waals surface area contributed by atoms with Crippen LogP contribution in [0.25, 0.3) is 0 Å². The largest absolute Gasteiger partial charge is 0.385 e. The quantitative estimate of drug-likeness (QED) is 0.695. The van der Waals surface area contributed by atoms with Crippen LogP contribution in [-0.4, -0.2) is 57.5 Å². The van der Waals surface area contributed by atoms with Gasteiger partial charge in [-0.25, -0.2) is 4.98 Å². The van der Waals surface area contributed by atoms with E-state index in [0.717, 1.165) is 49.8 Å². The molecule has 0 saturated carbocycles. The number of ether oxygens (including phenoxy) is 2. The molecule has 0 radical (unpaired) electrons. The highest BCUT2D eigenvalue weighted by Crippen LogP contribution is 2.29. The Kier molecular flexibility index (Phi) is 7.01. The lowest BCUT2D eigenvalue weighted by atomic mass is 10.2. The van der Waals surface area contributed by atoms with Crippen molar-refractivity contribution in [1.82, 2.24) is 10.3 Å². The standard InChI is InChI=1S/C20H26N4O3/c1-26-12-4-9-21-20(25)18-8-7-16(15-22-18)23-17-5-2-3-6-19(17)24-10-13-27-14-11-24/h2-3,5-8,15,23H,4,9-14H2,1H3,(H,21,25). The molecule has 144 valence electrons. The number of pyridine rings is 1. The highest BCUT2D eigenvalue weighted by Gasteiger charge is 2.14. The Bertz CT molecular complexity index is 730. The Balaban J connectivity index is 1.62. The maximum atomic E-state index is 12.1. The second kappa shape index (κ2) is 9.89. The third-order valence-corrected chi connectivity index (χ3v) is 4.34. The number of anilines is 3. The SMILES string of the molecule is COCCCNC(=O)c1ccc(Nc2ccccc2N2CCOCC2)cn1. The normalized spacial score (nSPS) is 14.0. The number of para-hydroxylation sites is 2. The predicted octanol–water partition coefficient (Wildman–Crippen LogP) is 2.43. The van der Waals surface area contributed by atoms with Crippen molar-refractivity contribution in [2.45, 2.75) is 6.42 Å². The average molecular weight is 370 g/mol. The summed E-state index contributed by atoms with van der Waals surface area (Å²) in [5, 5.41) is 6.24. The summed E-state index contributed by atoms with van der Waals surface area (Å²) >= 11 is 0. The highest BCUT2D eigenvalue weighted by atomic mass is 16.5. The van der Waals surface area contributed by atoms with Crippen molar-refractivity contribution in [2.24, 2.45) is 0 Å². The van der Waals surface area contributed by atoms with Gasteiger partial charge in [-0.3, -0.25) is 4.79 Å². The molecule has 1 aliphatic rings. The second-order valence-corrected chi connectivity index (χ2v) is 6.28. The fraction of sp³-hybridized carbons (Fsp3) is 0.400. The third kappa shape index (κ3) is 5.42. The molecule has 27 heavy (non-hydrogen) atoms. The number of carbonyl (C=O) groups excluding carboxylic acids is 1. The van der Waals surface area contributed by atoms with Gasteiger partial charge in [-0.15, -0.1) is 0 Å². The molecule has 0 atom stereocenters. The van der Waals surface area contributed by atoms with Crippen molar-refractivity contribution in [2.75, 3.05) is 56.8 Å². The topological polar surface area (TPSA) is 75.7 Å². The summed E-state index contributed by atoms with van der Waals surface area (Å²) in [5.41, 5.74) is 3.39. The molecule has 1 amide bonds. The van der Waals surface area contributed by atoms with Gasteiger partial charge in [-0.2, -0.15) is 0 Å². The predicted molar refractivity (Wildman–Crippen MR) is 106 cm³/mol. The van der Waals surface area contributed by atoms with Gasteiger partial charge in [0.2, 0.25) is 0 Å². The number of hydrogen-bond donors (Lipinski definition) is 2. The average Bonchev–Trinajstić information content (AvgIpc) is 2.73. The van der Waals surface area contributed by atoms with E-state index in [9.17, 15) is 4.79 Å². The molecule has 0 unspecified atom stereocenters. The maximum absolute atomic E-state index is 12.1. The van der Waals surface area contributed by atoms with Crippen molar-refractivity contribution >= 4 is 23.0 Å². The molecule has 1 aromatic carbocycles. The third-order valence-electron chi connectivity index (χ3n) is 4.34. The molecule has 7 nitrogen and oxygen atoms in total. The number of morpholine rings is 1. The van der Waals surface area contributed by atoms with Crippen LogP contribution in [0.2, 0.25) is 0 Å². The van der Waals surface area contributed by atoms with Crippen LogP contribution in [-0.2, 0) is 9.47 Å². The number of nitrogens with one attached hydrogen (secondary N) is 2. The summed E-state index contributed by atoms with van der Waals surface area (Å²) in [6.45, 7) is 4.42. The number of nitrogens with zero attached hydrogens (tertiary/aromatic N) is 2. The van der Waals surface area contributed by atoms with Crippen LogP contribution in [0, 0.1) is 0 Å². The molecule has 0 aliphatic carbocycles. The molecule has 2 aromatic rings. The Morgan fingerprint density at radius 3 is 2.78 bits per heavy atom. The molecule has 1 aromatic heterocycles. The van der Waals surface area contributed by atoms with E-state index in [4.69, 9.17) is 9.47 Å². The molecule has 3 rings (SSSR count). The lowest BCUT2D eigenvalue weighted by molar-refractivity contribution is 0.0943. The molecular formula is C20H26N4O3. The zero-order valence-electron chi connectivity index (χ0n) is 15.6. The zero-order chi connectivity index (χ0) is 18.9. The van der Waals surface area contributed by atoms with Gasteiger partial charge >= 0.3 is 0 Å². The Hall–Kier alpha value is -2.64. The Morgan fingerprint density at radius 2 is 2.04 bits per heavy atom. The van der Waals surface area contributed by atoms with E-state index in [0.29, 0.717) is 18.8 Å². The minimum atomic E-state index is -0.175. The summed E-state index contributed by atoms with van der Waals surface area (Å²) in [5.74, 6) is -0.175. The fourth-order valence-corrected chi connectivity index (χ4v) is 2.93. The van der Waals surface area contributed by atoms with Gasteiger partial charge in [0, 0.05) is 33.4 Å². The van der Waals surface area contributed by atoms with Gasteiger partial charge in [0.1, 0.15) is 5.69 Å². The molecular weight excluding hydrogens is 344 g/mol. The van der Waals surface area contributed by atoms with E-state index >= 15 is 0 Å². The fourth-order valence-electron chi connectivity index (χ4n) is 2.93. The first-order valence-electron chi connectivity index (χ1n) is 9.20. The van der Waals surface area contributed by atoms with Crippen molar-refractivity contribution in [3.05, 3.63) is 48.3 Å². The Morgan fingerprint density at radius 1 is 1.22 bits per heavy atom. The van der Waals surface area contributed by atoms with Crippen LogP contribution in [0.15, 0.2) is 42.6 Å². The van der Waals surface area contributed by atoms with Crippen LogP contribution in [0.1, 0.15) is 16.9 Å². The first kappa shape index (κ1) is 19.1. The van der Waals surface area contributed by atoms with E-state index in [-0.39, 0.29) is 5.91 Å². The Labute approximate surface area is 159 Å². The molecule has 1 fully saturated rings. The summed E-state index contributed by atoms with van der Waals surface area (Å²) in [4.78, 5) is 18.7. The number of carbonyl (C=O) groups is 1. The smallest absolute Gasteiger partial charge is 0.269 e. The summed E-state index contributed by atoms with van der Waals surface area (Å²) in [6.07, 6.45) is 2.46. The van der Waals surface area contributed by atoms with Crippen molar-refractivity contribution in [1.29, 1.82) is 0 Å². The zero-order valence-corrected chi connectivity index (χ0v) is 15.6. The van der Waals surface area contributed by atoms with Crippen LogP contribution in [0.5, 0.6) is 0 Å². The number of benzene rings is 1. The first-order valence-corrected chi connectivity index (χ1v) is 9.20. The molecule has 1 aliphatic heterocycles. The minimum absolute atomic E-state index is 0.175. The van der Waals surface area contributed by atoms with Gasteiger partial charge in [-0.1, -0.05) is 12.1 Å². The van der Waals surface area contributed by atoms with Crippen LogP contribution in [0.3, 0.4) is 0 Å². The van der Waals surface area contributed by atoms with Gasteiger partial charge in [-0.05, 0) is 30.7 Å². The number of methoxy groups -OCH3 is 1. The maximum Gasteiger partial charge on any atom is 0.269 e. The van der Waals surface area contributed by atoms with Gasteiger partial charge in [0.05, 0.1) is 36.5 Å². The molecule has 2 N–H and O–H groups in total. The monoisotopic (exact) mass is 370 g/mol. The molecule has 0 bridgehead atoms. The van der Waals surface area contributed by atoms with Crippen molar-refractivity contribution < 1.29 is 14.3 Å². The number of rotatable bonds is 8. The molecule has 7 heteroatoms. The second-order valence-electron chi connectivity index (χ2n) is 6.28. The highest BCUT2D eigenvalue weighted by molar-refractivity contribution is 5.92. The molecule has 0 spiro atoms. The van der Waals surface area contributed by atoms with Crippen LogP contribution >= 0.6 is 0 Å². The van der Waals surface area contributed by atoms with Gasteiger partial charge in [0.25, 0.3) is 5.91 Å². The number of amides is 1. The van der Waals surface area contributed by atoms with Crippen molar-refractivity contribution in [3.8, 4) is 0 Å². The van der Waals surface area contributed by atoms with E-state index in [2.05, 4.69) is 26.6 Å².